The third-order valence-electron chi connectivity index (χ3n) is 4.80. The van der Waals surface area contributed by atoms with Gasteiger partial charge in [0.2, 0.25) is 5.91 Å². The molecule has 0 aromatic carbocycles. The van der Waals surface area contributed by atoms with Gasteiger partial charge in [-0.1, -0.05) is 13.8 Å². The van der Waals surface area contributed by atoms with Crippen LogP contribution in [0.25, 0.3) is 0 Å². The van der Waals surface area contributed by atoms with Crippen LogP contribution >= 0.6 is 0 Å². The number of nitrogens with zero attached hydrogens (tertiary/aromatic N) is 2. The predicted molar refractivity (Wildman–Crippen MR) is 73.3 cm³/mol. The van der Waals surface area contributed by atoms with Crippen molar-refractivity contribution in [3.8, 4) is 0 Å². The minimum atomic E-state index is -0.639. The van der Waals surface area contributed by atoms with Gasteiger partial charge >= 0.3 is 0 Å². The molecule has 0 aromatic heterocycles. The number of carbonyl (C=O) groups excluding carboxylic acids is 1. The molecule has 0 bridgehead atoms. The molecule has 18 heavy (non-hydrogen) atoms. The Morgan fingerprint density at radius 2 is 1.83 bits per heavy atom. The van der Waals surface area contributed by atoms with E-state index in [1.165, 1.54) is 25.9 Å². The zero-order valence-electron chi connectivity index (χ0n) is 11.8. The van der Waals surface area contributed by atoms with Gasteiger partial charge in [-0.25, -0.2) is 0 Å². The fourth-order valence-corrected chi connectivity index (χ4v) is 3.20. The Bertz CT molecular complexity index is 295. The van der Waals surface area contributed by atoms with Crippen molar-refractivity contribution >= 4 is 5.91 Å². The third-order valence-corrected chi connectivity index (χ3v) is 4.80. The highest BCUT2D eigenvalue weighted by atomic mass is 16.2. The quantitative estimate of drug-likeness (QED) is 0.819. The van der Waals surface area contributed by atoms with Gasteiger partial charge in [-0.3, -0.25) is 9.69 Å². The summed E-state index contributed by atoms with van der Waals surface area (Å²) in [5.41, 5.74) is 5.58. The standard InChI is InChI=1S/C14H27N3O/c1-3-14(15,4-2)13(18)17-10-7-12(11-17)16-8-5-6-9-16/h12H,3-11,15H2,1-2H3. The topological polar surface area (TPSA) is 49.6 Å². The molecule has 1 unspecified atom stereocenters. The van der Waals surface area contributed by atoms with Crippen molar-refractivity contribution in [3.63, 3.8) is 0 Å². The first kappa shape index (κ1) is 13.8. The number of hydrogen-bond donors (Lipinski definition) is 1. The summed E-state index contributed by atoms with van der Waals surface area (Å²) in [4.78, 5) is 17.0. The molecule has 104 valence electrons. The number of carbonyl (C=O) groups is 1. The molecule has 0 saturated carbocycles. The average Bonchev–Trinajstić information content (AvgIpc) is 3.06. The second-order valence-electron chi connectivity index (χ2n) is 5.80. The molecule has 2 rings (SSSR count). The van der Waals surface area contributed by atoms with Crippen LogP contribution in [-0.2, 0) is 4.79 Å². The van der Waals surface area contributed by atoms with E-state index in [4.69, 9.17) is 5.73 Å². The van der Waals surface area contributed by atoms with Crippen molar-refractivity contribution in [1.82, 2.24) is 9.80 Å². The van der Waals surface area contributed by atoms with Crippen LogP contribution in [0.15, 0.2) is 0 Å². The lowest BCUT2D eigenvalue weighted by atomic mass is 9.92. The SMILES string of the molecule is CCC(N)(CC)C(=O)N1CCC(N2CCCC2)C1. The highest BCUT2D eigenvalue weighted by Gasteiger charge is 2.38. The number of rotatable bonds is 4. The Morgan fingerprint density at radius 1 is 1.22 bits per heavy atom. The first-order chi connectivity index (χ1) is 8.60. The maximum atomic E-state index is 12.5. The van der Waals surface area contributed by atoms with E-state index in [1.807, 2.05) is 18.7 Å². The molecule has 1 atom stereocenters. The Labute approximate surface area is 110 Å². The van der Waals surface area contributed by atoms with Gasteiger partial charge in [0.15, 0.2) is 0 Å². The molecule has 2 N–H and O–H groups in total. The monoisotopic (exact) mass is 253 g/mol. The summed E-state index contributed by atoms with van der Waals surface area (Å²) >= 11 is 0. The van der Waals surface area contributed by atoms with E-state index in [0.717, 1.165) is 32.4 Å². The second-order valence-corrected chi connectivity index (χ2v) is 5.80. The molecular formula is C14H27N3O. The molecule has 0 spiro atoms. The molecule has 2 aliphatic heterocycles. The van der Waals surface area contributed by atoms with Crippen LogP contribution in [0.4, 0.5) is 0 Å². The lowest BCUT2D eigenvalue weighted by molar-refractivity contribution is -0.136. The summed E-state index contributed by atoms with van der Waals surface area (Å²) in [7, 11) is 0. The molecule has 0 aliphatic carbocycles. The summed E-state index contributed by atoms with van der Waals surface area (Å²) in [6.45, 7) is 8.21. The van der Waals surface area contributed by atoms with E-state index in [1.54, 1.807) is 0 Å². The van der Waals surface area contributed by atoms with Crippen LogP contribution < -0.4 is 5.73 Å². The van der Waals surface area contributed by atoms with E-state index in [0.29, 0.717) is 6.04 Å². The molecule has 0 radical (unpaired) electrons. The van der Waals surface area contributed by atoms with Crippen LogP contribution in [0, 0.1) is 0 Å². The summed E-state index contributed by atoms with van der Waals surface area (Å²) in [6.07, 6.45) is 5.21. The van der Waals surface area contributed by atoms with E-state index < -0.39 is 5.54 Å². The summed E-state index contributed by atoms with van der Waals surface area (Å²) in [6, 6.07) is 0.578. The molecule has 2 heterocycles. The zero-order chi connectivity index (χ0) is 13.2. The van der Waals surface area contributed by atoms with Gasteiger partial charge in [-0.05, 0) is 45.2 Å². The van der Waals surface area contributed by atoms with Gasteiger partial charge in [0.25, 0.3) is 0 Å². The predicted octanol–water partition coefficient (Wildman–Crippen LogP) is 1.20. The lowest BCUT2D eigenvalue weighted by Crippen LogP contribution is -2.54. The first-order valence-corrected chi connectivity index (χ1v) is 7.43. The van der Waals surface area contributed by atoms with Crippen molar-refractivity contribution in [2.75, 3.05) is 26.2 Å². The van der Waals surface area contributed by atoms with Gasteiger partial charge in [-0.2, -0.15) is 0 Å². The number of hydrogen-bond acceptors (Lipinski definition) is 3. The van der Waals surface area contributed by atoms with Gasteiger partial charge in [0.05, 0.1) is 5.54 Å². The van der Waals surface area contributed by atoms with Crippen molar-refractivity contribution in [1.29, 1.82) is 0 Å². The average molecular weight is 253 g/mol. The van der Waals surface area contributed by atoms with Crippen LogP contribution in [0.2, 0.25) is 0 Å². The normalized spacial score (nSPS) is 25.9. The first-order valence-electron chi connectivity index (χ1n) is 7.43. The molecule has 1 amide bonds. The van der Waals surface area contributed by atoms with Crippen molar-refractivity contribution in [3.05, 3.63) is 0 Å². The molecule has 2 saturated heterocycles. The van der Waals surface area contributed by atoms with E-state index in [9.17, 15) is 4.79 Å². The van der Waals surface area contributed by atoms with E-state index in [2.05, 4.69) is 4.90 Å². The fraction of sp³-hybridized carbons (Fsp3) is 0.929. The largest absolute Gasteiger partial charge is 0.339 e. The molecule has 2 fully saturated rings. The van der Waals surface area contributed by atoms with Crippen LogP contribution in [0.5, 0.6) is 0 Å². The molecule has 4 nitrogen and oxygen atoms in total. The highest BCUT2D eigenvalue weighted by molar-refractivity contribution is 5.86. The molecule has 2 aliphatic rings. The third kappa shape index (κ3) is 2.54. The Kier molecular flexibility index (Phi) is 4.28. The Balaban J connectivity index is 1.93. The highest BCUT2D eigenvalue weighted by Crippen LogP contribution is 2.24. The van der Waals surface area contributed by atoms with Gasteiger partial charge in [0, 0.05) is 19.1 Å². The maximum Gasteiger partial charge on any atom is 0.242 e. The van der Waals surface area contributed by atoms with Crippen LogP contribution in [-0.4, -0.2) is 53.5 Å². The van der Waals surface area contributed by atoms with Crippen molar-refractivity contribution < 1.29 is 4.79 Å². The smallest absolute Gasteiger partial charge is 0.242 e. The van der Waals surface area contributed by atoms with Crippen molar-refractivity contribution in [2.24, 2.45) is 5.73 Å². The summed E-state index contributed by atoms with van der Waals surface area (Å²) < 4.78 is 0. The Morgan fingerprint density at radius 3 is 2.39 bits per heavy atom. The van der Waals surface area contributed by atoms with Gasteiger partial charge in [0.1, 0.15) is 0 Å². The fourth-order valence-electron chi connectivity index (χ4n) is 3.20. The molecular weight excluding hydrogens is 226 g/mol. The summed E-state index contributed by atoms with van der Waals surface area (Å²) in [5, 5.41) is 0. The van der Waals surface area contributed by atoms with Crippen LogP contribution in [0.3, 0.4) is 0 Å². The minimum absolute atomic E-state index is 0.161. The van der Waals surface area contributed by atoms with E-state index in [-0.39, 0.29) is 5.91 Å². The maximum absolute atomic E-state index is 12.5. The number of nitrogens with two attached hydrogens (primary N) is 1. The van der Waals surface area contributed by atoms with Gasteiger partial charge in [-0.15, -0.1) is 0 Å². The van der Waals surface area contributed by atoms with Crippen LogP contribution in [0.1, 0.15) is 46.0 Å². The Hall–Kier alpha value is -0.610. The number of amides is 1. The summed E-state index contributed by atoms with van der Waals surface area (Å²) in [5.74, 6) is 0.161. The van der Waals surface area contributed by atoms with Crippen molar-refractivity contribution in [2.45, 2.75) is 57.5 Å². The van der Waals surface area contributed by atoms with E-state index >= 15 is 0 Å². The molecule has 0 aromatic rings. The molecule has 4 heteroatoms. The lowest BCUT2D eigenvalue weighted by Gasteiger charge is -2.31. The zero-order valence-corrected chi connectivity index (χ0v) is 11.8. The second kappa shape index (κ2) is 5.57. The van der Waals surface area contributed by atoms with Gasteiger partial charge < -0.3 is 10.6 Å². The minimum Gasteiger partial charge on any atom is -0.339 e. The number of likely N-dealkylation sites (tertiary alicyclic amines) is 2.